The molecule has 6 aromatic carbocycles. The van der Waals surface area contributed by atoms with Crippen molar-refractivity contribution in [1.82, 2.24) is 4.57 Å². The van der Waals surface area contributed by atoms with E-state index in [9.17, 15) is 0 Å². The number of fused-ring (bicyclic) bond motifs is 8. The van der Waals surface area contributed by atoms with Crippen LogP contribution in [0.25, 0.3) is 81.0 Å². The Balaban J connectivity index is 0.000000349. The molecule has 0 saturated carbocycles. The van der Waals surface area contributed by atoms with Crippen molar-refractivity contribution in [3.63, 3.8) is 0 Å². The smallest absolute Gasteiger partial charge is 0.0541 e. The molecule has 2 aromatic heterocycles. The summed E-state index contributed by atoms with van der Waals surface area (Å²) in [6, 6.07) is 46.8. The molecule has 0 atom stereocenters. The zero-order chi connectivity index (χ0) is 31.0. The van der Waals surface area contributed by atoms with Crippen LogP contribution in [-0.4, -0.2) is 4.57 Å². The maximum absolute atomic E-state index is 2.41. The first kappa shape index (κ1) is 28.3. The third kappa shape index (κ3) is 4.69. The molecule has 0 radical (unpaired) electrons. The number of para-hydroxylation sites is 2. The highest BCUT2D eigenvalue weighted by Crippen LogP contribution is 2.54. The van der Waals surface area contributed by atoms with Crippen molar-refractivity contribution in [2.45, 2.75) is 26.7 Å². The van der Waals surface area contributed by atoms with Gasteiger partial charge in [0, 0.05) is 42.6 Å². The lowest BCUT2D eigenvalue weighted by atomic mass is 9.98. The highest BCUT2D eigenvalue weighted by molar-refractivity contribution is 7.23. The van der Waals surface area contributed by atoms with E-state index in [4.69, 9.17) is 0 Å². The second-order valence-corrected chi connectivity index (χ2v) is 12.9. The summed E-state index contributed by atoms with van der Waals surface area (Å²) in [5.41, 5.74) is 10.3. The summed E-state index contributed by atoms with van der Waals surface area (Å²) in [6.45, 7) is 4.27. The van der Waals surface area contributed by atoms with Gasteiger partial charge < -0.3 is 4.57 Å². The molecule has 0 fully saturated rings. The molecular weight excluding hydrogens is 575 g/mol. The number of allylic oxidation sites excluding steroid dienone is 4. The van der Waals surface area contributed by atoms with Gasteiger partial charge in [-0.1, -0.05) is 123 Å². The fraction of sp³-hybridized carbons (Fsp3) is 0.0909. The first-order valence-electron chi connectivity index (χ1n) is 16.3. The van der Waals surface area contributed by atoms with Crippen LogP contribution >= 0.6 is 11.3 Å². The highest BCUT2D eigenvalue weighted by Gasteiger charge is 2.26. The molecule has 0 spiro atoms. The van der Waals surface area contributed by atoms with Crippen LogP contribution in [-0.2, 0) is 0 Å². The largest absolute Gasteiger partial charge is 0.309 e. The minimum Gasteiger partial charge on any atom is -0.309 e. The lowest BCUT2D eigenvalue weighted by Gasteiger charge is -2.08. The minimum absolute atomic E-state index is 1.13. The van der Waals surface area contributed by atoms with Crippen LogP contribution in [0, 0.1) is 0 Å². The van der Waals surface area contributed by atoms with Gasteiger partial charge in [-0.3, -0.25) is 0 Å². The number of nitrogens with zero attached hydrogens (tertiary/aromatic N) is 1. The normalized spacial score (nSPS) is 12.1. The number of hydrogen-bond acceptors (Lipinski definition) is 1. The van der Waals surface area contributed by atoms with Crippen molar-refractivity contribution < 1.29 is 0 Å². The monoisotopic (exact) mass is 609 g/mol. The van der Waals surface area contributed by atoms with Crippen LogP contribution in [0.1, 0.15) is 26.7 Å². The van der Waals surface area contributed by atoms with E-state index in [1.165, 1.54) is 81.0 Å². The summed E-state index contributed by atoms with van der Waals surface area (Å²) in [6.07, 6.45) is 10.7. The van der Waals surface area contributed by atoms with Crippen molar-refractivity contribution in [3.05, 3.63) is 152 Å². The molecule has 222 valence electrons. The summed E-state index contributed by atoms with van der Waals surface area (Å²) < 4.78 is 3.73. The van der Waals surface area contributed by atoms with Gasteiger partial charge in [-0.25, -0.2) is 0 Å². The Bertz CT molecular complexity index is 2420. The second-order valence-electron chi connectivity index (χ2n) is 11.8. The number of rotatable bonds is 5. The molecule has 8 aromatic rings. The van der Waals surface area contributed by atoms with Gasteiger partial charge in [-0.2, -0.15) is 0 Å². The van der Waals surface area contributed by atoms with Gasteiger partial charge in [0.25, 0.3) is 0 Å². The summed E-state index contributed by atoms with van der Waals surface area (Å²) in [4.78, 5) is 1.41. The predicted molar refractivity (Wildman–Crippen MR) is 202 cm³/mol. The molecule has 0 unspecified atom stereocenters. The average molecular weight is 610 g/mol. The van der Waals surface area contributed by atoms with Crippen molar-refractivity contribution in [1.29, 1.82) is 0 Å². The van der Waals surface area contributed by atoms with Crippen molar-refractivity contribution in [3.8, 4) is 38.4 Å². The standard InChI is InChI=1S/C36H21NS.C8H14/c1-2-10-25(11-3-1)37-31-15-5-4-12-26(31)29-20-23(16-18-32(29)37)24-17-19-33-30(21-24)35-27-13-6-8-22-9-7-14-28(34(22)27)36(35)38-33;1-3-5-7-8-6-4-2/h1-21H;5-8H,3-4H2,1-2H3/b;7-5-,8-6-. The Morgan fingerprint density at radius 1 is 0.565 bits per heavy atom. The van der Waals surface area contributed by atoms with E-state index in [-0.39, 0.29) is 0 Å². The van der Waals surface area contributed by atoms with E-state index in [0.29, 0.717) is 0 Å². The Morgan fingerprint density at radius 2 is 1.22 bits per heavy atom. The first-order valence-corrected chi connectivity index (χ1v) is 17.1. The van der Waals surface area contributed by atoms with Gasteiger partial charge in [0.15, 0.2) is 0 Å². The quantitative estimate of drug-likeness (QED) is 0.171. The molecule has 2 heteroatoms. The van der Waals surface area contributed by atoms with E-state index in [2.05, 4.69) is 170 Å². The van der Waals surface area contributed by atoms with Crippen LogP contribution in [0.15, 0.2) is 152 Å². The van der Waals surface area contributed by atoms with E-state index >= 15 is 0 Å². The summed E-state index contributed by atoms with van der Waals surface area (Å²) in [7, 11) is 0. The van der Waals surface area contributed by atoms with Gasteiger partial charge in [0.1, 0.15) is 0 Å². The Morgan fingerprint density at radius 3 is 1.98 bits per heavy atom. The lowest BCUT2D eigenvalue weighted by molar-refractivity contribution is 1.18. The molecular formula is C44H35NS. The van der Waals surface area contributed by atoms with Crippen LogP contribution in [0.4, 0.5) is 0 Å². The van der Waals surface area contributed by atoms with Crippen LogP contribution in [0.3, 0.4) is 0 Å². The minimum atomic E-state index is 1.13. The maximum atomic E-state index is 2.41. The van der Waals surface area contributed by atoms with Crippen LogP contribution < -0.4 is 0 Å². The van der Waals surface area contributed by atoms with Gasteiger partial charge in [0.2, 0.25) is 0 Å². The van der Waals surface area contributed by atoms with Crippen molar-refractivity contribution in [2.75, 3.05) is 0 Å². The maximum Gasteiger partial charge on any atom is 0.0541 e. The number of hydrogen-bond donors (Lipinski definition) is 0. The van der Waals surface area contributed by atoms with Gasteiger partial charge in [-0.05, 0) is 82.8 Å². The predicted octanol–water partition coefficient (Wildman–Crippen LogP) is 13.4. The number of aromatic nitrogens is 1. The zero-order valence-electron chi connectivity index (χ0n) is 26.2. The molecule has 0 aliphatic heterocycles. The lowest BCUT2D eigenvalue weighted by Crippen LogP contribution is -1.92. The van der Waals surface area contributed by atoms with Crippen LogP contribution in [0.5, 0.6) is 0 Å². The van der Waals surface area contributed by atoms with E-state index in [0.717, 1.165) is 12.8 Å². The first-order chi connectivity index (χ1) is 22.8. The molecule has 2 heterocycles. The van der Waals surface area contributed by atoms with E-state index in [1.54, 1.807) is 0 Å². The number of thiophene rings is 1. The molecule has 1 aliphatic carbocycles. The topological polar surface area (TPSA) is 4.93 Å². The fourth-order valence-corrected chi connectivity index (χ4v) is 8.14. The van der Waals surface area contributed by atoms with E-state index < -0.39 is 0 Å². The molecule has 0 bridgehead atoms. The Kier molecular flexibility index (Phi) is 7.36. The summed E-state index contributed by atoms with van der Waals surface area (Å²) >= 11 is 1.92. The number of benzene rings is 6. The van der Waals surface area contributed by atoms with Crippen LogP contribution in [0.2, 0.25) is 0 Å². The molecule has 0 saturated heterocycles. The average Bonchev–Trinajstić information content (AvgIpc) is 3.76. The fourth-order valence-electron chi connectivity index (χ4n) is 6.91. The Hall–Kier alpha value is -5.18. The molecule has 46 heavy (non-hydrogen) atoms. The van der Waals surface area contributed by atoms with Crippen molar-refractivity contribution >= 4 is 54.0 Å². The van der Waals surface area contributed by atoms with E-state index in [1.807, 2.05) is 11.3 Å². The summed E-state index contributed by atoms with van der Waals surface area (Å²) in [5.74, 6) is 0. The third-order valence-electron chi connectivity index (χ3n) is 8.98. The molecule has 0 amide bonds. The Labute approximate surface area is 274 Å². The molecule has 1 aliphatic rings. The molecule has 9 rings (SSSR count). The zero-order valence-corrected chi connectivity index (χ0v) is 27.0. The highest BCUT2D eigenvalue weighted by atomic mass is 32.1. The summed E-state index contributed by atoms with van der Waals surface area (Å²) in [5, 5.41) is 6.66. The van der Waals surface area contributed by atoms with Gasteiger partial charge >= 0.3 is 0 Å². The SMILES string of the molecule is CC/C=C\C=C/CC.c1ccc(-n2c3ccccc3c3cc(-c4ccc5sc6c(c5c4)-c4cccc5cccc-6c45)ccc32)cc1. The third-order valence-corrected chi connectivity index (χ3v) is 10.2. The van der Waals surface area contributed by atoms with Gasteiger partial charge in [-0.15, -0.1) is 11.3 Å². The second kappa shape index (κ2) is 12.0. The molecule has 0 N–H and O–H groups in total. The van der Waals surface area contributed by atoms with Gasteiger partial charge in [0.05, 0.1) is 11.0 Å². The van der Waals surface area contributed by atoms with Crippen molar-refractivity contribution in [2.24, 2.45) is 0 Å². The molecule has 1 nitrogen and oxygen atoms in total.